The molecular weight excluding hydrogens is 499 g/mol. The van der Waals surface area contributed by atoms with E-state index in [-0.39, 0.29) is 29.3 Å². The number of aromatic nitrogens is 5. The number of nitrogens with one attached hydrogen (secondary N) is 1. The van der Waals surface area contributed by atoms with Crippen molar-refractivity contribution in [2.45, 2.75) is 31.0 Å². The molecule has 1 fully saturated rings. The second kappa shape index (κ2) is 10.8. The lowest BCUT2D eigenvalue weighted by molar-refractivity contribution is -0.0213. The molecule has 5 rings (SSSR count). The summed E-state index contributed by atoms with van der Waals surface area (Å²) in [6.45, 7) is 0.522. The third kappa shape index (κ3) is 5.56. The van der Waals surface area contributed by atoms with Crippen molar-refractivity contribution in [2.24, 2.45) is 7.05 Å². The van der Waals surface area contributed by atoms with Crippen LogP contribution in [-0.2, 0) is 11.8 Å². The number of rotatable bonds is 7. The quantitative estimate of drug-likeness (QED) is 0.381. The topological polar surface area (TPSA) is 107 Å². The van der Waals surface area contributed by atoms with Crippen LogP contribution in [0, 0.1) is 5.82 Å². The Hall–Kier alpha value is -3.60. The summed E-state index contributed by atoms with van der Waals surface area (Å²) in [4.78, 5) is 22.3. The summed E-state index contributed by atoms with van der Waals surface area (Å²) >= 11 is 5.90. The van der Waals surface area contributed by atoms with Crippen LogP contribution >= 0.6 is 11.6 Å². The third-order valence-corrected chi connectivity index (χ3v) is 6.69. The van der Waals surface area contributed by atoms with Gasteiger partial charge >= 0.3 is 0 Å². The normalized spacial score (nSPS) is 18.5. The molecule has 0 spiro atoms. The number of aryl methyl sites for hydroxylation is 1. The molecule has 3 atom stereocenters. The molecule has 3 aromatic heterocycles. The number of aliphatic hydroxyl groups excluding tert-OH is 1. The van der Waals surface area contributed by atoms with Gasteiger partial charge in [-0.25, -0.2) is 14.4 Å². The van der Waals surface area contributed by atoms with Crippen molar-refractivity contribution in [1.82, 2.24) is 24.3 Å². The molecule has 1 aliphatic rings. The molecule has 0 aliphatic carbocycles. The molecule has 9 nitrogen and oxygen atoms in total. The van der Waals surface area contributed by atoms with Crippen molar-refractivity contribution in [3.63, 3.8) is 0 Å². The molecule has 0 bridgehead atoms. The van der Waals surface area contributed by atoms with Gasteiger partial charge in [0, 0.05) is 55.5 Å². The Morgan fingerprint density at radius 3 is 2.86 bits per heavy atom. The molecule has 1 saturated heterocycles. The van der Waals surface area contributed by atoms with Gasteiger partial charge in [-0.2, -0.15) is 5.10 Å². The number of ether oxygens (including phenoxy) is 1. The lowest BCUT2D eigenvalue weighted by atomic mass is 10.0. The van der Waals surface area contributed by atoms with Crippen molar-refractivity contribution < 1.29 is 14.2 Å². The van der Waals surface area contributed by atoms with E-state index in [0.29, 0.717) is 35.8 Å². The van der Waals surface area contributed by atoms with Crippen LogP contribution in [0.1, 0.15) is 30.0 Å². The van der Waals surface area contributed by atoms with Gasteiger partial charge in [0.15, 0.2) is 0 Å². The standard InChI is InChI=1S/C26H26ClFN6O3/c1-33-14-18(13-30-33)25(17-2-3-21(27)22(28)10-17)34-8-5-16(11-24(34)36)23-4-7-29-26(32-23)31-19-6-9-37-20(12-19)15-35/h2-5,7-8,10-11,13-14,19-20,25,35H,6,9,12,15H2,1H3,(H,29,31,32)/t19?,20-,25?/m0/s1. The van der Waals surface area contributed by atoms with Gasteiger partial charge in [0.2, 0.25) is 5.95 Å². The van der Waals surface area contributed by atoms with E-state index >= 15 is 0 Å². The number of pyridine rings is 1. The average molecular weight is 525 g/mol. The van der Waals surface area contributed by atoms with Crippen LogP contribution in [0.15, 0.2) is 66.0 Å². The van der Waals surface area contributed by atoms with Crippen molar-refractivity contribution >= 4 is 17.5 Å². The van der Waals surface area contributed by atoms with E-state index < -0.39 is 11.9 Å². The Balaban J connectivity index is 1.45. The lowest BCUT2D eigenvalue weighted by Gasteiger charge is -2.29. The van der Waals surface area contributed by atoms with Crippen LogP contribution < -0.4 is 10.9 Å². The summed E-state index contributed by atoms with van der Waals surface area (Å²) in [7, 11) is 1.78. The van der Waals surface area contributed by atoms with E-state index in [9.17, 15) is 14.3 Å². The summed E-state index contributed by atoms with van der Waals surface area (Å²) in [5.41, 5.74) is 2.22. The molecule has 0 saturated carbocycles. The highest BCUT2D eigenvalue weighted by atomic mass is 35.5. The molecule has 4 aromatic rings. The SMILES string of the molecule is Cn1cc(C(c2ccc(Cl)c(F)c2)n2ccc(-c3ccnc(NC4CCO[C@H](CO)C4)n3)cc2=O)cn1. The van der Waals surface area contributed by atoms with Gasteiger partial charge in [-0.15, -0.1) is 0 Å². The smallest absolute Gasteiger partial charge is 0.252 e. The maximum absolute atomic E-state index is 14.3. The van der Waals surface area contributed by atoms with Crippen molar-refractivity contribution in [3.05, 3.63) is 93.5 Å². The first kappa shape index (κ1) is 25.1. The minimum Gasteiger partial charge on any atom is -0.394 e. The Bertz CT molecular complexity index is 1460. The molecule has 2 unspecified atom stereocenters. The molecule has 11 heteroatoms. The largest absolute Gasteiger partial charge is 0.394 e. The highest BCUT2D eigenvalue weighted by Crippen LogP contribution is 2.29. The van der Waals surface area contributed by atoms with E-state index in [1.165, 1.54) is 22.8 Å². The highest BCUT2D eigenvalue weighted by Gasteiger charge is 2.23. The molecule has 0 amide bonds. The minimum atomic E-state index is -0.599. The first-order valence-electron chi connectivity index (χ1n) is 11.9. The zero-order chi connectivity index (χ0) is 25.9. The molecule has 0 radical (unpaired) electrons. The van der Waals surface area contributed by atoms with Crippen molar-refractivity contribution in [1.29, 1.82) is 0 Å². The second-order valence-corrected chi connectivity index (χ2v) is 9.40. The van der Waals surface area contributed by atoms with E-state index in [2.05, 4.69) is 20.4 Å². The van der Waals surface area contributed by atoms with E-state index in [4.69, 9.17) is 16.3 Å². The lowest BCUT2D eigenvalue weighted by Crippen LogP contribution is -2.36. The number of hydrogen-bond donors (Lipinski definition) is 2. The summed E-state index contributed by atoms with van der Waals surface area (Å²) in [6.07, 6.45) is 7.97. The van der Waals surface area contributed by atoms with Crippen LogP contribution in [-0.4, -0.2) is 54.8 Å². The fourth-order valence-corrected chi connectivity index (χ4v) is 4.67. The molecule has 37 heavy (non-hydrogen) atoms. The fourth-order valence-electron chi connectivity index (χ4n) is 4.55. The van der Waals surface area contributed by atoms with Crippen LogP contribution in [0.2, 0.25) is 5.02 Å². The van der Waals surface area contributed by atoms with Gasteiger partial charge < -0.3 is 19.7 Å². The summed E-state index contributed by atoms with van der Waals surface area (Å²) in [5, 5.41) is 16.9. The van der Waals surface area contributed by atoms with Crippen molar-refractivity contribution in [3.8, 4) is 11.3 Å². The van der Waals surface area contributed by atoms with Gasteiger partial charge in [-0.05, 0) is 42.7 Å². The van der Waals surface area contributed by atoms with Gasteiger partial charge in [0.25, 0.3) is 5.56 Å². The Morgan fingerprint density at radius 1 is 1.27 bits per heavy atom. The van der Waals surface area contributed by atoms with Crippen LogP contribution in [0.4, 0.5) is 10.3 Å². The number of benzene rings is 1. The number of anilines is 1. The molecule has 192 valence electrons. The van der Waals surface area contributed by atoms with E-state index in [0.717, 1.165) is 12.0 Å². The zero-order valence-electron chi connectivity index (χ0n) is 20.1. The Labute approximate surface area is 217 Å². The predicted molar refractivity (Wildman–Crippen MR) is 137 cm³/mol. The first-order valence-corrected chi connectivity index (χ1v) is 12.3. The van der Waals surface area contributed by atoms with Crippen LogP contribution in [0.25, 0.3) is 11.3 Å². The summed E-state index contributed by atoms with van der Waals surface area (Å²) in [6, 6.07) is 9.01. The fraction of sp³-hybridized carbons (Fsp3) is 0.308. The van der Waals surface area contributed by atoms with Crippen LogP contribution in [0.5, 0.6) is 0 Å². The highest BCUT2D eigenvalue weighted by molar-refractivity contribution is 6.30. The number of aliphatic hydroxyl groups is 1. The predicted octanol–water partition coefficient (Wildman–Crippen LogP) is 3.42. The van der Waals surface area contributed by atoms with Crippen molar-refractivity contribution in [2.75, 3.05) is 18.5 Å². The van der Waals surface area contributed by atoms with Gasteiger partial charge in [-0.1, -0.05) is 17.7 Å². The number of hydrogen-bond acceptors (Lipinski definition) is 7. The zero-order valence-corrected chi connectivity index (χ0v) is 20.8. The third-order valence-electron chi connectivity index (χ3n) is 6.38. The maximum atomic E-state index is 14.3. The second-order valence-electron chi connectivity index (χ2n) is 8.99. The van der Waals surface area contributed by atoms with Gasteiger partial charge in [-0.3, -0.25) is 9.48 Å². The minimum absolute atomic E-state index is 0.0113. The maximum Gasteiger partial charge on any atom is 0.252 e. The molecule has 1 aliphatic heterocycles. The summed E-state index contributed by atoms with van der Waals surface area (Å²) < 4.78 is 23.0. The molecular formula is C26H26ClFN6O3. The van der Waals surface area contributed by atoms with Crippen LogP contribution in [0.3, 0.4) is 0 Å². The summed E-state index contributed by atoms with van der Waals surface area (Å²) in [5.74, 6) is -0.122. The van der Waals surface area contributed by atoms with Gasteiger partial charge in [0.05, 0.1) is 35.7 Å². The van der Waals surface area contributed by atoms with Gasteiger partial charge in [0.1, 0.15) is 5.82 Å². The first-order chi connectivity index (χ1) is 17.9. The Morgan fingerprint density at radius 2 is 2.14 bits per heavy atom. The van der Waals surface area contributed by atoms with E-state index in [1.807, 2.05) is 0 Å². The average Bonchev–Trinajstić information content (AvgIpc) is 3.33. The van der Waals surface area contributed by atoms with E-state index in [1.54, 1.807) is 54.7 Å². The molecule has 1 aromatic carbocycles. The Kier molecular flexibility index (Phi) is 7.31. The molecule has 4 heterocycles. The number of halogens is 2. The monoisotopic (exact) mass is 524 g/mol. The number of nitrogens with zero attached hydrogens (tertiary/aromatic N) is 5. The molecule has 2 N–H and O–H groups in total.